The highest BCUT2D eigenvalue weighted by Crippen LogP contribution is 2.31. The number of carbonyl (C=O) groups is 2. The number of benzene rings is 3. The first-order valence-electron chi connectivity index (χ1n) is 14.8. The molecule has 11 heteroatoms. The third-order valence-electron chi connectivity index (χ3n) is 7.69. The monoisotopic (exact) mass is 659 g/mol. The van der Waals surface area contributed by atoms with E-state index in [1.165, 1.54) is 4.90 Å². The van der Waals surface area contributed by atoms with Gasteiger partial charge in [-0.05, 0) is 55.2 Å². The molecule has 2 amide bonds. The van der Waals surface area contributed by atoms with Gasteiger partial charge in [-0.15, -0.1) is 0 Å². The summed E-state index contributed by atoms with van der Waals surface area (Å²) in [5.74, 6) is -0.524. The smallest absolute Gasteiger partial charge is 0.244 e. The molecule has 0 aromatic heterocycles. The van der Waals surface area contributed by atoms with Crippen LogP contribution in [-0.2, 0) is 32.6 Å². The molecule has 1 fully saturated rings. The second-order valence-corrected chi connectivity index (χ2v) is 13.7. The SMILES string of the molecule is CCOc1ccccc1N(CC(=O)N(Cc1ccc(Cl)cc1Cl)C(Cc1ccccc1)C(=O)NC1CCCCC1)S(C)(=O)=O. The zero-order valence-electron chi connectivity index (χ0n) is 25.0. The summed E-state index contributed by atoms with van der Waals surface area (Å²) in [6.07, 6.45) is 6.20. The summed E-state index contributed by atoms with van der Waals surface area (Å²) in [4.78, 5) is 29.9. The number of carbonyl (C=O) groups excluding carboxylic acids is 2. The molecule has 8 nitrogen and oxygen atoms in total. The lowest BCUT2D eigenvalue weighted by molar-refractivity contribution is -0.140. The van der Waals surface area contributed by atoms with Gasteiger partial charge in [0.2, 0.25) is 21.8 Å². The van der Waals surface area contributed by atoms with Gasteiger partial charge in [0.05, 0.1) is 18.6 Å². The maximum absolute atomic E-state index is 14.4. The number of hydrogen-bond acceptors (Lipinski definition) is 5. The van der Waals surface area contributed by atoms with Crippen molar-refractivity contribution in [3.05, 3.63) is 94.0 Å². The third kappa shape index (κ3) is 9.13. The second kappa shape index (κ2) is 15.6. The first-order chi connectivity index (χ1) is 21.1. The predicted octanol–water partition coefficient (Wildman–Crippen LogP) is 6.25. The van der Waals surface area contributed by atoms with Crippen LogP contribution in [0.3, 0.4) is 0 Å². The Balaban J connectivity index is 1.76. The molecule has 1 atom stereocenters. The molecule has 236 valence electrons. The van der Waals surface area contributed by atoms with E-state index in [4.69, 9.17) is 27.9 Å². The van der Waals surface area contributed by atoms with Gasteiger partial charge in [-0.25, -0.2) is 8.42 Å². The van der Waals surface area contributed by atoms with Gasteiger partial charge in [0.15, 0.2) is 0 Å². The Morgan fingerprint density at radius 2 is 1.66 bits per heavy atom. The van der Waals surface area contributed by atoms with E-state index in [0.717, 1.165) is 48.2 Å². The average Bonchev–Trinajstić information content (AvgIpc) is 2.99. The summed E-state index contributed by atoms with van der Waals surface area (Å²) in [5.41, 5.74) is 1.67. The lowest BCUT2D eigenvalue weighted by atomic mass is 9.94. The number of hydrogen-bond donors (Lipinski definition) is 1. The summed E-state index contributed by atoms with van der Waals surface area (Å²) in [6, 6.07) is 20.1. The Hall–Kier alpha value is -3.27. The fourth-order valence-corrected chi connectivity index (χ4v) is 6.79. The fourth-order valence-electron chi connectivity index (χ4n) is 5.47. The number of nitrogens with zero attached hydrogens (tertiary/aromatic N) is 2. The van der Waals surface area contributed by atoms with Crippen LogP contribution in [0.4, 0.5) is 5.69 Å². The van der Waals surface area contributed by atoms with Crippen LogP contribution in [0, 0.1) is 0 Å². The molecule has 1 aliphatic carbocycles. The van der Waals surface area contributed by atoms with Gasteiger partial charge in [-0.1, -0.05) is 91.0 Å². The van der Waals surface area contributed by atoms with Crippen molar-refractivity contribution < 1.29 is 22.7 Å². The molecule has 1 aliphatic rings. The Bertz CT molecular complexity index is 1530. The van der Waals surface area contributed by atoms with E-state index in [9.17, 15) is 18.0 Å². The summed E-state index contributed by atoms with van der Waals surface area (Å²) in [6.45, 7) is 1.53. The van der Waals surface area contributed by atoms with E-state index in [2.05, 4.69) is 5.32 Å². The summed E-state index contributed by atoms with van der Waals surface area (Å²) in [7, 11) is -3.94. The zero-order valence-corrected chi connectivity index (χ0v) is 27.4. The minimum atomic E-state index is -3.94. The maximum atomic E-state index is 14.4. The van der Waals surface area contributed by atoms with E-state index >= 15 is 0 Å². The van der Waals surface area contributed by atoms with E-state index in [0.29, 0.717) is 28.0 Å². The largest absolute Gasteiger partial charge is 0.492 e. The molecule has 0 heterocycles. The molecule has 1 unspecified atom stereocenters. The van der Waals surface area contributed by atoms with Crippen molar-refractivity contribution >= 4 is 50.7 Å². The minimum absolute atomic E-state index is 0.0104. The molecule has 1 N–H and O–H groups in total. The van der Waals surface area contributed by atoms with Crippen LogP contribution >= 0.6 is 23.2 Å². The van der Waals surface area contributed by atoms with E-state index in [1.807, 2.05) is 30.3 Å². The van der Waals surface area contributed by atoms with Crippen LogP contribution in [0.15, 0.2) is 72.8 Å². The van der Waals surface area contributed by atoms with E-state index in [-0.39, 0.29) is 30.6 Å². The number of sulfonamides is 1. The van der Waals surface area contributed by atoms with Gasteiger partial charge in [0, 0.05) is 29.1 Å². The normalized spacial score (nSPS) is 14.5. The Labute approximate surface area is 270 Å². The summed E-state index contributed by atoms with van der Waals surface area (Å²) in [5, 5.41) is 3.96. The van der Waals surface area contributed by atoms with Gasteiger partial charge in [-0.2, -0.15) is 0 Å². The molecule has 0 saturated heterocycles. The van der Waals surface area contributed by atoms with Crippen molar-refractivity contribution in [1.82, 2.24) is 10.2 Å². The van der Waals surface area contributed by atoms with Gasteiger partial charge in [0.1, 0.15) is 18.3 Å². The Kier molecular flexibility index (Phi) is 11.9. The highest BCUT2D eigenvalue weighted by molar-refractivity contribution is 7.92. The topological polar surface area (TPSA) is 96.0 Å². The molecule has 0 spiro atoms. The van der Waals surface area contributed by atoms with Crippen molar-refractivity contribution in [2.75, 3.05) is 23.7 Å². The minimum Gasteiger partial charge on any atom is -0.492 e. The second-order valence-electron chi connectivity index (χ2n) is 11.0. The first kappa shape index (κ1) is 33.6. The highest BCUT2D eigenvalue weighted by atomic mass is 35.5. The lowest BCUT2D eigenvalue weighted by Crippen LogP contribution is -2.55. The van der Waals surface area contributed by atoms with Crippen LogP contribution in [0.25, 0.3) is 0 Å². The number of ether oxygens (including phenoxy) is 1. The molecule has 0 radical (unpaired) electrons. The number of rotatable bonds is 13. The molecular weight excluding hydrogens is 621 g/mol. The van der Waals surface area contributed by atoms with Crippen LogP contribution < -0.4 is 14.4 Å². The summed E-state index contributed by atoms with van der Waals surface area (Å²) >= 11 is 12.7. The molecular formula is C33H39Cl2N3O5S. The van der Waals surface area contributed by atoms with E-state index < -0.39 is 28.5 Å². The van der Waals surface area contributed by atoms with Gasteiger partial charge < -0.3 is 15.0 Å². The van der Waals surface area contributed by atoms with Crippen LogP contribution in [0.5, 0.6) is 5.75 Å². The molecule has 0 bridgehead atoms. The molecule has 3 aromatic rings. The number of para-hydroxylation sites is 2. The Morgan fingerprint density at radius 1 is 0.977 bits per heavy atom. The predicted molar refractivity (Wildman–Crippen MR) is 176 cm³/mol. The van der Waals surface area contributed by atoms with Crippen LogP contribution in [0.2, 0.25) is 10.0 Å². The maximum Gasteiger partial charge on any atom is 0.244 e. The number of halogens is 2. The molecule has 44 heavy (non-hydrogen) atoms. The van der Waals surface area contributed by atoms with Crippen molar-refractivity contribution in [2.45, 2.75) is 64.1 Å². The quantitative estimate of drug-likeness (QED) is 0.234. The summed E-state index contributed by atoms with van der Waals surface area (Å²) < 4.78 is 33.0. The standard InChI is InChI=1S/C33H39Cl2N3O5S/c1-3-43-31-17-11-10-16-29(31)38(44(2,41)42)23-32(39)37(22-25-18-19-26(34)21-28(25)35)30(20-24-12-6-4-7-13-24)33(40)36-27-14-8-5-9-15-27/h4,6-7,10-13,16-19,21,27,30H,3,5,8-9,14-15,20,22-23H2,1-2H3,(H,36,40). The number of nitrogens with one attached hydrogen (secondary N) is 1. The third-order valence-corrected chi connectivity index (χ3v) is 9.40. The van der Waals surface area contributed by atoms with E-state index in [1.54, 1.807) is 49.4 Å². The highest BCUT2D eigenvalue weighted by Gasteiger charge is 2.35. The average molecular weight is 661 g/mol. The molecule has 4 rings (SSSR count). The number of amides is 2. The van der Waals surface area contributed by atoms with Crippen molar-refractivity contribution in [3.8, 4) is 5.75 Å². The first-order valence-corrected chi connectivity index (χ1v) is 17.4. The van der Waals surface area contributed by atoms with Crippen molar-refractivity contribution in [1.29, 1.82) is 0 Å². The van der Waals surface area contributed by atoms with Crippen LogP contribution in [-0.4, -0.2) is 56.6 Å². The van der Waals surface area contributed by atoms with Crippen molar-refractivity contribution in [3.63, 3.8) is 0 Å². The number of anilines is 1. The van der Waals surface area contributed by atoms with Gasteiger partial charge in [0.25, 0.3) is 0 Å². The fraction of sp³-hybridized carbons (Fsp3) is 0.394. The van der Waals surface area contributed by atoms with Gasteiger partial charge in [-0.3, -0.25) is 13.9 Å². The van der Waals surface area contributed by atoms with Crippen molar-refractivity contribution in [2.24, 2.45) is 0 Å². The Morgan fingerprint density at radius 3 is 2.32 bits per heavy atom. The molecule has 0 aliphatic heterocycles. The molecule has 1 saturated carbocycles. The van der Waals surface area contributed by atoms with Crippen LogP contribution in [0.1, 0.15) is 50.2 Å². The van der Waals surface area contributed by atoms with Gasteiger partial charge >= 0.3 is 0 Å². The zero-order chi connectivity index (χ0) is 31.7. The molecule has 3 aromatic carbocycles. The lowest BCUT2D eigenvalue weighted by Gasteiger charge is -2.35.